The molecule has 2 atom stereocenters. The van der Waals surface area contributed by atoms with Crippen molar-refractivity contribution in [3.63, 3.8) is 0 Å². The first-order chi connectivity index (χ1) is 14.4. The van der Waals surface area contributed by atoms with Crippen molar-refractivity contribution in [2.45, 2.75) is 37.8 Å². The fourth-order valence-corrected chi connectivity index (χ4v) is 4.76. The summed E-state index contributed by atoms with van der Waals surface area (Å²) in [6, 6.07) is 4.79. The summed E-state index contributed by atoms with van der Waals surface area (Å²) >= 11 is 12.2. The van der Waals surface area contributed by atoms with Crippen LogP contribution in [0.3, 0.4) is 0 Å². The average molecular weight is 453 g/mol. The number of nitrogens with one attached hydrogen (secondary N) is 1. The predicted octanol–water partition coefficient (Wildman–Crippen LogP) is 3.58. The summed E-state index contributed by atoms with van der Waals surface area (Å²) in [5.74, 6) is -0.548. The number of nitrogen functional groups attached to an aromatic ring is 1. The van der Waals surface area contributed by atoms with E-state index in [1.807, 2.05) is 9.80 Å². The Morgan fingerprint density at radius 1 is 1.10 bits per heavy atom. The van der Waals surface area contributed by atoms with Crippen LogP contribution in [0.25, 0.3) is 0 Å². The van der Waals surface area contributed by atoms with Crippen molar-refractivity contribution < 1.29 is 9.18 Å². The van der Waals surface area contributed by atoms with E-state index in [1.165, 1.54) is 6.33 Å². The van der Waals surface area contributed by atoms with Gasteiger partial charge in [0.1, 0.15) is 12.4 Å². The van der Waals surface area contributed by atoms with Crippen molar-refractivity contribution in [2.24, 2.45) is 0 Å². The molecule has 0 radical (unpaired) electrons. The number of carbonyl (C=O) groups excluding carboxylic acids is 1. The van der Waals surface area contributed by atoms with E-state index in [1.54, 1.807) is 18.2 Å². The molecule has 0 aliphatic carbocycles. The molecule has 2 aromatic rings. The number of aromatic nitrogens is 2. The smallest absolute Gasteiger partial charge is 0.245 e. The highest BCUT2D eigenvalue weighted by molar-refractivity contribution is 6.35. The normalized spacial score (nSPS) is 22.3. The molecular weight excluding hydrogens is 430 g/mol. The zero-order valence-corrected chi connectivity index (χ0v) is 17.8. The van der Waals surface area contributed by atoms with Crippen LogP contribution < -0.4 is 16.0 Å². The molecule has 1 aromatic heterocycles. The van der Waals surface area contributed by atoms with Gasteiger partial charge in [-0.15, -0.1) is 0 Å². The number of anilines is 3. The van der Waals surface area contributed by atoms with Gasteiger partial charge in [0.15, 0.2) is 11.6 Å². The summed E-state index contributed by atoms with van der Waals surface area (Å²) < 4.78 is 14.4. The quantitative estimate of drug-likeness (QED) is 0.736. The number of hydrogen-bond donors (Lipinski definition) is 2. The van der Waals surface area contributed by atoms with Crippen LogP contribution in [0.5, 0.6) is 0 Å². The van der Waals surface area contributed by atoms with Crippen molar-refractivity contribution >= 4 is 46.4 Å². The van der Waals surface area contributed by atoms with Gasteiger partial charge in [-0.25, -0.2) is 9.97 Å². The van der Waals surface area contributed by atoms with Crippen molar-refractivity contribution in [1.29, 1.82) is 0 Å². The third kappa shape index (κ3) is 4.39. The third-order valence-corrected chi connectivity index (χ3v) is 6.05. The van der Waals surface area contributed by atoms with Crippen LogP contribution in [0.2, 0.25) is 10.0 Å². The second-order valence-corrected chi connectivity index (χ2v) is 8.54. The Kier molecular flexibility index (Phi) is 6.15. The summed E-state index contributed by atoms with van der Waals surface area (Å²) in [4.78, 5) is 24.7. The van der Waals surface area contributed by atoms with Gasteiger partial charge in [-0.3, -0.25) is 4.79 Å². The van der Waals surface area contributed by atoms with E-state index in [0.29, 0.717) is 29.7 Å². The van der Waals surface area contributed by atoms with Gasteiger partial charge in [0, 0.05) is 41.4 Å². The minimum atomic E-state index is -0.611. The van der Waals surface area contributed by atoms with Gasteiger partial charge in [0.2, 0.25) is 11.7 Å². The summed E-state index contributed by atoms with van der Waals surface area (Å²) in [5.41, 5.74) is 6.31. The third-order valence-electron chi connectivity index (χ3n) is 5.61. The molecule has 2 aliphatic heterocycles. The van der Waals surface area contributed by atoms with E-state index in [9.17, 15) is 9.18 Å². The van der Waals surface area contributed by atoms with Crippen LogP contribution in [0.1, 0.15) is 25.7 Å². The van der Waals surface area contributed by atoms with E-state index in [4.69, 9.17) is 28.9 Å². The molecule has 2 fully saturated rings. The Morgan fingerprint density at radius 2 is 1.83 bits per heavy atom. The van der Waals surface area contributed by atoms with Gasteiger partial charge >= 0.3 is 0 Å². The van der Waals surface area contributed by atoms with Crippen molar-refractivity contribution in [3.05, 3.63) is 40.4 Å². The molecule has 2 saturated heterocycles. The minimum absolute atomic E-state index is 0.0191. The largest absolute Gasteiger partial charge is 0.381 e. The number of amides is 1. The van der Waals surface area contributed by atoms with Crippen LogP contribution in [0.4, 0.5) is 21.7 Å². The Morgan fingerprint density at radius 3 is 2.60 bits per heavy atom. The Hall–Kier alpha value is -2.32. The number of rotatable bonds is 4. The van der Waals surface area contributed by atoms with Gasteiger partial charge in [-0.2, -0.15) is 4.39 Å². The van der Waals surface area contributed by atoms with Crippen molar-refractivity contribution in [2.75, 3.05) is 35.6 Å². The van der Waals surface area contributed by atoms with Crippen LogP contribution in [-0.4, -0.2) is 52.5 Å². The van der Waals surface area contributed by atoms with Crippen molar-refractivity contribution in [1.82, 2.24) is 14.9 Å². The van der Waals surface area contributed by atoms with E-state index >= 15 is 0 Å². The lowest BCUT2D eigenvalue weighted by molar-refractivity contribution is -0.137. The zero-order valence-electron chi connectivity index (χ0n) is 16.3. The number of likely N-dealkylation sites (tertiary alicyclic amines) is 1. The van der Waals surface area contributed by atoms with E-state index < -0.39 is 5.82 Å². The maximum Gasteiger partial charge on any atom is 0.245 e. The maximum absolute atomic E-state index is 14.4. The molecule has 160 valence electrons. The molecule has 1 unspecified atom stereocenters. The molecule has 3 N–H and O–H groups in total. The molecule has 0 saturated carbocycles. The molecule has 0 spiro atoms. The number of carbonyl (C=O) groups is 1. The lowest BCUT2D eigenvalue weighted by Crippen LogP contribution is -2.56. The van der Waals surface area contributed by atoms with Gasteiger partial charge in [0.05, 0.1) is 0 Å². The zero-order chi connectivity index (χ0) is 21.3. The highest BCUT2D eigenvalue weighted by Crippen LogP contribution is 2.29. The maximum atomic E-state index is 14.4. The highest BCUT2D eigenvalue weighted by Gasteiger charge is 2.36. The molecular formula is C20H23Cl2FN6O. The van der Waals surface area contributed by atoms with Gasteiger partial charge in [-0.05, 0) is 43.9 Å². The monoisotopic (exact) mass is 452 g/mol. The molecule has 10 heteroatoms. The number of hydrogen-bond acceptors (Lipinski definition) is 6. The molecule has 0 bridgehead atoms. The van der Waals surface area contributed by atoms with Gasteiger partial charge in [-0.1, -0.05) is 23.2 Å². The highest BCUT2D eigenvalue weighted by atomic mass is 35.5. The van der Waals surface area contributed by atoms with Gasteiger partial charge in [0.25, 0.3) is 0 Å². The summed E-state index contributed by atoms with van der Waals surface area (Å²) in [6.45, 7) is 1.85. The number of halogens is 3. The van der Waals surface area contributed by atoms with E-state index in [2.05, 4.69) is 15.3 Å². The first-order valence-corrected chi connectivity index (χ1v) is 10.7. The van der Waals surface area contributed by atoms with Crippen LogP contribution in [-0.2, 0) is 4.79 Å². The van der Waals surface area contributed by atoms with Gasteiger partial charge < -0.3 is 20.9 Å². The SMILES string of the molecule is Nc1ncnc(N2CCC[C@@H](N3CCCC(Nc4cc(Cl)cc(Cl)c4)C3=O)C2)c1F. The lowest BCUT2D eigenvalue weighted by atomic mass is 9.97. The molecule has 1 aromatic carbocycles. The molecule has 2 aliphatic rings. The Labute approximate surface area is 184 Å². The number of nitrogens with zero attached hydrogens (tertiary/aromatic N) is 4. The molecule has 30 heavy (non-hydrogen) atoms. The summed E-state index contributed by atoms with van der Waals surface area (Å²) in [5, 5.41) is 4.30. The average Bonchev–Trinajstić information content (AvgIpc) is 2.71. The summed E-state index contributed by atoms with van der Waals surface area (Å²) in [7, 11) is 0. The van der Waals surface area contributed by atoms with E-state index in [0.717, 1.165) is 31.4 Å². The van der Waals surface area contributed by atoms with E-state index in [-0.39, 0.29) is 29.6 Å². The first kappa shape index (κ1) is 20.9. The first-order valence-electron chi connectivity index (χ1n) is 9.96. The summed E-state index contributed by atoms with van der Waals surface area (Å²) in [6.07, 6.45) is 4.56. The fourth-order valence-electron chi connectivity index (χ4n) is 4.23. The van der Waals surface area contributed by atoms with Crippen molar-refractivity contribution in [3.8, 4) is 0 Å². The van der Waals surface area contributed by atoms with Crippen LogP contribution in [0.15, 0.2) is 24.5 Å². The lowest BCUT2D eigenvalue weighted by Gasteiger charge is -2.43. The molecule has 4 rings (SSSR count). The number of piperidine rings is 2. The second-order valence-electron chi connectivity index (χ2n) is 7.67. The topological polar surface area (TPSA) is 87.4 Å². The van der Waals surface area contributed by atoms with Crippen LogP contribution >= 0.6 is 23.2 Å². The van der Waals surface area contributed by atoms with Crippen LogP contribution in [0, 0.1) is 5.82 Å². The molecule has 7 nitrogen and oxygen atoms in total. The second kappa shape index (κ2) is 8.81. The molecule has 1 amide bonds. The number of benzene rings is 1. The minimum Gasteiger partial charge on any atom is -0.381 e. The predicted molar refractivity (Wildman–Crippen MR) is 116 cm³/mol. The Bertz CT molecular complexity index is 925. The number of nitrogens with two attached hydrogens (primary N) is 1. The fraction of sp³-hybridized carbons (Fsp3) is 0.450. The standard InChI is InChI=1S/C20H23Cl2FN6O/c21-12-7-13(22)9-14(8-12)27-16-4-2-6-29(20(16)30)15-3-1-5-28(10-15)19-17(23)18(24)25-11-26-19/h7-9,11,15-16,27H,1-6,10H2,(H2,24,25,26)/t15-,16?/m1/s1. The molecule has 3 heterocycles. The Balaban J connectivity index is 1.47.